The van der Waals surface area contributed by atoms with Crippen molar-refractivity contribution < 1.29 is 0 Å². The lowest BCUT2D eigenvalue weighted by molar-refractivity contribution is 0.558. The lowest BCUT2D eigenvalue weighted by Crippen LogP contribution is -2.23. The maximum absolute atomic E-state index is 11.6. The Morgan fingerprint density at radius 2 is 2.46 bits per heavy atom. The van der Waals surface area contributed by atoms with Crippen molar-refractivity contribution in [3.63, 3.8) is 0 Å². The molecule has 1 aliphatic heterocycles. The molecule has 2 heterocycles. The van der Waals surface area contributed by atoms with E-state index in [9.17, 15) is 4.79 Å². The Kier molecular flexibility index (Phi) is 1.94. The first-order valence-corrected chi connectivity index (χ1v) is 4.83. The van der Waals surface area contributed by atoms with E-state index in [0.717, 1.165) is 30.8 Å². The standard InChI is InChI=1S/C10H14N2O/c1-3-8-6-10(13)12-7(2)4-5-9(12)11-8/h6-7H,3-5H2,1-2H3. The zero-order valence-corrected chi connectivity index (χ0v) is 8.08. The Hall–Kier alpha value is -1.12. The summed E-state index contributed by atoms with van der Waals surface area (Å²) >= 11 is 0. The molecule has 1 unspecified atom stereocenters. The second-order valence-corrected chi connectivity index (χ2v) is 3.61. The Balaban J connectivity index is 2.59. The lowest BCUT2D eigenvalue weighted by Gasteiger charge is -2.08. The van der Waals surface area contributed by atoms with Gasteiger partial charge in [0.15, 0.2) is 0 Å². The molecule has 1 aliphatic rings. The van der Waals surface area contributed by atoms with E-state index >= 15 is 0 Å². The van der Waals surface area contributed by atoms with Crippen LogP contribution in [0, 0.1) is 0 Å². The minimum absolute atomic E-state index is 0.117. The molecule has 0 spiro atoms. The summed E-state index contributed by atoms with van der Waals surface area (Å²) in [6, 6.07) is 1.99. The second-order valence-electron chi connectivity index (χ2n) is 3.61. The van der Waals surface area contributed by atoms with E-state index in [0.29, 0.717) is 6.04 Å². The van der Waals surface area contributed by atoms with Gasteiger partial charge in [0.25, 0.3) is 5.56 Å². The first-order valence-electron chi connectivity index (χ1n) is 4.83. The van der Waals surface area contributed by atoms with Gasteiger partial charge in [-0.05, 0) is 19.8 Å². The molecule has 0 aliphatic carbocycles. The van der Waals surface area contributed by atoms with E-state index in [1.807, 2.05) is 11.5 Å². The predicted molar refractivity (Wildman–Crippen MR) is 50.9 cm³/mol. The number of hydrogen-bond donors (Lipinski definition) is 0. The van der Waals surface area contributed by atoms with E-state index in [4.69, 9.17) is 0 Å². The summed E-state index contributed by atoms with van der Waals surface area (Å²) in [7, 11) is 0. The van der Waals surface area contributed by atoms with Crippen molar-refractivity contribution in [3.05, 3.63) is 27.9 Å². The highest BCUT2D eigenvalue weighted by Gasteiger charge is 2.20. The van der Waals surface area contributed by atoms with Gasteiger partial charge in [0.1, 0.15) is 5.82 Å². The fourth-order valence-electron chi connectivity index (χ4n) is 1.89. The van der Waals surface area contributed by atoms with Crippen LogP contribution < -0.4 is 5.56 Å². The van der Waals surface area contributed by atoms with E-state index in [2.05, 4.69) is 11.9 Å². The molecule has 0 N–H and O–H groups in total. The molecule has 1 atom stereocenters. The van der Waals surface area contributed by atoms with Crippen LogP contribution in [-0.4, -0.2) is 9.55 Å². The summed E-state index contributed by atoms with van der Waals surface area (Å²) in [5.41, 5.74) is 1.04. The molecule has 3 nitrogen and oxygen atoms in total. The summed E-state index contributed by atoms with van der Waals surface area (Å²) in [5.74, 6) is 0.969. The van der Waals surface area contributed by atoms with Crippen molar-refractivity contribution in [1.82, 2.24) is 9.55 Å². The molecule has 0 aromatic carbocycles. The molecule has 0 amide bonds. The number of rotatable bonds is 1. The molecular weight excluding hydrogens is 164 g/mol. The number of aromatic nitrogens is 2. The molecule has 1 aromatic heterocycles. The van der Waals surface area contributed by atoms with E-state index in [1.165, 1.54) is 0 Å². The first-order chi connectivity index (χ1) is 6.22. The summed E-state index contributed by atoms with van der Waals surface area (Å²) < 4.78 is 1.82. The minimum atomic E-state index is 0.117. The number of hydrogen-bond acceptors (Lipinski definition) is 2. The van der Waals surface area contributed by atoms with Crippen LogP contribution in [0.3, 0.4) is 0 Å². The maximum atomic E-state index is 11.6. The third-order valence-electron chi connectivity index (χ3n) is 2.67. The van der Waals surface area contributed by atoms with E-state index in [1.54, 1.807) is 6.07 Å². The Bertz CT molecular complexity index is 381. The van der Waals surface area contributed by atoms with Gasteiger partial charge in [-0.3, -0.25) is 9.36 Å². The Morgan fingerprint density at radius 3 is 3.15 bits per heavy atom. The third-order valence-corrected chi connectivity index (χ3v) is 2.67. The summed E-state index contributed by atoms with van der Waals surface area (Å²) in [5, 5.41) is 0. The maximum Gasteiger partial charge on any atom is 0.253 e. The molecule has 0 radical (unpaired) electrons. The summed E-state index contributed by atoms with van der Waals surface area (Å²) in [4.78, 5) is 16.1. The molecule has 0 saturated carbocycles. The number of aryl methyl sites for hydroxylation is 2. The number of nitrogens with zero attached hydrogens (tertiary/aromatic N) is 2. The monoisotopic (exact) mass is 178 g/mol. The van der Waals surface area contributed by atoms with Gasteiger partial charge in [0.2, 0.25) is 0 Å². The zero-order valence-electron chi connectivity index (χ0n) is 8.08. The van der Waals surface area contributed by atoms with Gasteiger partial charge in [-0.2, -0.15) is 0 Å². The zero-order chi connectivity index (χ0) is 9.42. The smallest absolute Gasteiger partial charge is 0.253 e. The third kappa shape index (κ3) is 1.28. The lowest BCUT2D eigenvalue weighted by atomic mass is 10.2. The molecule has 70 valence electrons. The highest BCUT2D eigenvalue weighted by Crippen LogP contribution is 2.20. The second kappa shape index (κ2) is 2.98. The molecule has 1 aromatic rings. The van der Waals surface area contributed by atoms with Crippen LogP contribution in [0.25, 0.3) is 0 Å². The highest BCUT2D eigenvalue weighted by molar-refractivity contribution is 5.08. The van der Waals surface area contributed by atoms with Crippen LogP contribution in [0.2, 0.25) is 0 Å². The summed E-state index contributed by atoms with van der Waals surface area (Å²) in [6.45, 7) is 4.10. The van der Waals surface area contributed by atoms with E-state index in [-0.39, 0.29) is 5.56 Å². The minimum Gasteiger partial charge on any atom is -0.294 e. The van der Waals surface area contributed by atoms with Crippen molar-refractivity contribution >= 4 is 0 Å². The largest absolute Gasteiger partial charge is 0.294 e. The van der Waals surface area contributed by atoms with Gasteiger partial charge in [-0.15, -0.1) is 0 Å². The van der Waals surface area contributed by atoms with Gasteiger partial charge in [-0.25, -0.2) is 4.98 Å². The normalized spacial score (nSPS) is 20.3. The number of fused-ring (bicyclic) bond motifs is 1. The van der Waals surface area contributed by atoms with Crippen LogP contribution in [0.1, 0.15) is 37.8 Å². The van der Waals surface area contributed by atoms with Gasteiger partial charge in [-0.1, -0.05) is 6.92 Å². The van der Waals surface area contributed by atoms with Gasteiger partial charge >= 0.3 is 0 Å². The molecular formula is C10H14N2O. The highest BCUT2D eigenvalue weighted by atomic mass is 16.1. The SMILES string of the molecule is CCc1cc(=O)n2c(n1)CCC2C. The van der Waals surface area contributed by atoms with Crippen LogP contribution in [0.4, 0.5) is 0 Å². The van der Waals surface area contributed by atoms with Crippen LogP contribution in [-0.2, 0) is 12.8 Å². The molecule has 0 fully saturated rings. The molecule has 3 heteroatoms. The van der Waals surface area contributed by atoms with Crippen molar-refractivity contribution in [2.45, 2.75) is 39.2 Å². The predicted octanol–water partition coefficient (Wildman–Crippen LogP) is 1.31. The summed E-state index contributed by atoms with van der Waals surface area (Å²) in [6.07, 6.45) is 2.84. The van der Waals surface area contributed by atoms with Crippen LogP contribution in [0.15, 0.2) is 10.9 Å². The topological polar surface area (TPSA) is 34.9 Å². The van der Waals surface area contributed by atoms with Crippen molar-refractivity contribution in [3.8, 4) is 0 Å². The van der Waals surface area contributed by atoms with Crippen molar-refractivity contribution in [2.75, 3.05) is 0 Å². The van der Waals surface area contributed by atoms with Gasteiger partial charge < -0.3 is 0 Å². The van der Waals surface area contributed by atoms with Crippen molar-refractivity contribution in [2.24, 2.45) is 0 Å². The van der Waals surface area contributed by atoms with Crippen molar-refractivity contribution in [1.29, 1.82) is 0 Å². The fraction of sp³-hybridized carbons (Fsp3) is 0.600. The first kappa shape index (κ1) is 8.48. The molecule has 13 heavy (non-hydrogen) atoms. The molecule has 0 saturated heterocycles. The average molecular weight is 178 g/mol. The fourth-order valence-corrected chi connectivity index (χ4v) is 1.89. The Labute approximate surface area is 77.4 Å². The molecule has 2 rings (SSSR count). The van der Waals surface area contributed by atoms with Gasteiger partial charge in [0, 0.05) is 24.2 Å². The van der Waals surface area contributed by atoms with Gasteiger partial charge in [0.05, 0.1) is 0 Å². The quantitative estimate of drug-likeness (QED) is 0.650. The molecule has 0 bridgehead atoms. The van der Waals surface area contributed by atoms with E-state index < -0.39 is 0 Å². The average Bonchev–Trinajstić information content (AvgIpc) is 2.48. The Morgan fingerprint density at radius 1 is 1.69 bits per heavy atom. The van der Waals surface area contributed by atoms with Crippen LogP contribution in [0.5, 0.6) is 0 Å². The van der Waals surface area contributed by atoms with Crippen LogP contribution >= 0.6 is 0 Å².